The summed E-state index contributed by atoms with van der Waals surface area (Å²) in [5.74, 6) is 0.179. The van der Waals surface area contributed by atoms with Crippen molar-refractivity contribution in [3.05, 3.63) is 16.6 Å². The molecule has 1 aromatic rings. The van der Waals surface area contributed by atoms with Crippen molar-refractivity contribution in [1.82, 2.24) is 10.3 Å². The number of hydrogen-bond donors (Lipinski definition) is 2. The molecule has 2 atom stereocenters. The molecule has 1 aliphatic carbocycles. The standard InChI is InChI=1S/C13H21N3OS/c1-13(2,12-15-6-7-18-12)16-11(17)9-4-3-5-10(14)8-9/h6-7,9-10H,3-5,8,14H2,1-2H3,(H,16,17). The van der Waals surface area contributed by atoms with Gasteiger partial charge in [0.15, 0.2) is 0 Å². The summed E-state index contributed by atoms with van der Waals surface area (Å²) in [6, 6.07) is 0.178. The number of nitrogens with two attached hydrogens (primary N) is 1. The number of thiazole rings is 1. The zero-order chi connectivity index (χ0) is 13.2. The second kappa shape index (κ2) is 5.36. The first-order valence-corrected chi connectivity index (χ1v) is 7.34. The van der Waals surface area contributed by atoms with Crippen molar-refractivity contribution in [3.63, 3.8) is 0 Å². The summed E-state index contributed by atoms with van der Waals surface area (Å²) in [6.07, 6.45) is 5.62. The molecule has 1 amide bonds. The van der Waals surface area contributed by atoms with Crippen LogP contribution in [0, 0.1) is 5.92 Å². The summed E-state index contributed by atoms with van der Waals surface area (Å²) in [7, 11) is 0. The lowest BCUT2D eigenvalue weighted by atomic mass is 9.85. The predicted octanol–water partition coefficient (Wildman–Crippen LogP) is 2.01. The van der Waals surface area contributed by atoms with Crippen molar-refractivity contribution in [1.29, 1.82) is 0 Å². The molecule has 18 heavy (non-hydrogen) atoms. The fraction of sp³-hybridized carbons (Fsp3) is 0.692. The van der Waals surface area contributed by atoms with Gasteiger partial charge in [0.05, 0.1) is 5.54 Å². The van der Waals surface area contributed by atoms with Gasteiger partial charge in [-0.1, -0.05) is 6.42 Å². The molecule has 1 saturated carbocycles. The largest absolute Gasteiger partial charge is 0.344 e. The minimum Gasteiger partial charge on any atom is -0.344 e. The second-order valence-corrected chi connectivity index (χ2v) is 6.47. The van der Waals surface area contributed by atoms with Crippen LogP contribution in [-0.4, -0.2) is 16.9 Å². The maximum atomic E-state index is 12.3. The maximum Gasteiger partial charge on any atom is 0.223 e. The molecule has 1 heterocycles. The Balaban J connectivity index is 1.98. The van der Waals surface area contributed by atoms with Gasteiger partial charge < -0.3 is 11.1 Å². The van der Waals surface area contributed by atoms with Crippen LogP contribution in [0.3, 0.4) is 0 Å². The summed E-state index contributed by atoms with van der Waals surface area (Å²) in [5.41, 5.74) is 5.53. The van der Waals surface area contributed by atoms with Crippen LogP contribution in [0.15, 0.2) is 11.6 Å². The first-order chi connectivity index (χ1) is 8.49. The molecule has 100 valence electrons. The van der Waals surface area contributed by atoms with Gasteiger partial charge in [0.1, 0.15) is 5.01 Å². The van der Waals surface area contributed by atoms with E-state index in [0.717, 1.165) is 30.7 Å². The van der Waals surface area contributed by atoms with Gasteiger partial charge in [0, 0.05) is 23.5 Å². The molecule has 2 rings (SSSR count). The van der Waals surface area contributed by atoms with Gasteiger partial charge in [0.25, 0.3) is 0 Å². The van der Waals surface area contributed by atoms with Gasteiger partial charge in [-0.05, 0) is 33.1 Å². The Morgan fingerprint density at radius 2 is 2.33 bits per heavy atom. The summed E-state index contributed by atoms with van der Waals surface area (Å²) in [6.45, 7) is 3.99. The van der Waals surface area contributed by atoms with Gasteiger partial charge in [-0.2, -0.15) is 0 Å². The van der Waals surface area contributed by atoms with Crippen molar-refractivity contribution in [3.8, 4) is 0 Å². The smallest absolute Gasteiger partial charge is 0.223 e. The lowest BCUT2D eigenvalue weighted by Gasteiger charge is -2.30. The van der Waals surface area contributed by atoms with Crippen LogP contribution >= 0.6 is 11.3 Å². The monoisotopic (exact) mass is 267 g/mol. The predicted molar refractivity (Wildman–Crippen MR) is 73.2 cm³/mol. The van der Waals surface area contributed by atoms with E-state index in [9.17, 15) is 4.79 Å². The van der Waals surface area contributed by atoms with Crippen LogP contribution in [0.1, 0.15) is 44.5 Å². The van der Waals surface area contributed by atoms with Crippen LogP contribution in [0.2, 0.25) is 0 Å². The van der Waals surface area contributed by atoms with Gasteiger partial charge in [-0.25, -0.2) is 4.98 Å². The van der Waals surface area contributed by atoms with Crippen LogP contribution in [0.25, 0.3) is 0 Å². The molecule has 4 nitrogen and oxygen atoms in total. The summed E-state index contributed by atoms with van der Waals surface area (Å²) >= 11 is 1.57. The van der Waals surface area contributed by atoms with Crippen molar-refractivity contribution < 1.29 is 4.79 Å². The highest BCUT2D eigenvalue weighted by atomic mass is 32.1. The molecule has 0 aromatic carbocycles. The average Bonchev–Trinajstić information content (AvgIpc) is 2.82. The number of rotatable bonds is 3. The number of carbonyl (C=O) groups is 1. The van der Waals surface area contributed by atoms with E-state index >= 15 is 0 Å². The Morgan fingerprint density at radius 3 is 2.94 bits per heavy atom. The molecule has 0 radical (unpaired) electrons. The Morgan fingerprint density at radius 1 is 1.56 bits per heavy atom. The number of carbonyl (C=O) groups excluding carboxylic acids is 1. The van der Waals surface area contributed by atoms with Crippen LogP contribution < -0.4 is 11.1 Å². The van der Waals surface area contributed by atoms with Crippen molar-refractivity contribution >= 4 is 17.2 Å². The number of hydrogen-bond acceptors (Lipinski definition) is 4. The first-order valence-electron chi connectivity index (χ1n) is 6.46. The van der Waals surface area contributed by atoms with Gasteiger partial charge in [0.2, 0.25) is 5.91 Å². The van der Waals surface area contributed by atoms with Crippen molar-refractivity contribution in [2.24, 2.45) is 11.7 Å². The third kappa shape index (κ3) is 3.09. The molecule has 0 aliphatic heterocycles. The Hall–Kier alpha value is -0.940. The average molecular weight is 267 g/mol. The Labute approximate surface area is 112 Å². The van der Waals surface area contributed by atoms with E-state index in [4.69, 9.17) is 5.73 Å². The minimum atomic E-state index is -0.396. The molecule has 1 fully saturated rings. The molecule has 5 heteroatoms. The molecule has 2 unspecified atom stereocenters. The molecule has 0 spiro atoms. The van der Waals surface area contributed by atoms with Gasteiger partial charge >= 0.3 is 0 Å². The molecule has 0 saturated heterocycles. The maximum absolute atomic E-state index is 12.3. The van der Waals surface area contributed by atoms with Crippen LogP contribution in [-0.2, 0) is 10.3 Å². The summed E-state index contributed by atoms with van der Waals surface area (Å²) in [4.78, 5) is 16.5. The second-order valence-electron chi connectivity index (χ2n) is 5.58. The number of aromatic nitrogens is 1. The van der Waals surface area contributed by atoms with E-state index in [-0.39, 0.29) is 17.9 Å². The zero-order valence-corrected chi connectivity index (χ0v) is 11.8. The highest BCUT2D eigenvalue weighted by Gasteiger charge is 2.31. The van der Waals surface area contributed by atoms with E-state index in [1.165, 1.54) is 0 Å². The van der Waals surface area contributed by atoms with E-state index in [1.807, 2.05) is 19.2 Å². The quantitative estimate of drug-likeness (QED) is 0.880. The zero-order valence-electron chi connectivity index (χ0n) is 11.0. The third-order valence-electron chi connectivity index (χ3n) is 3.49. The number of nitrogens with one attached hydrogen (secondary N) is 1. The van der Waals surface area contributed by atoms with E-state index in [0.29, 0.717) is 0 Å². The lowest BCUT2D eigenvalue weighted by Crippen LogP contribution is -2.46. The fourth-order valence-corrected chi connectivity index (χ4v) is 3.18. The minimum absolute atomic E-state index is 0.0630. The highest BCUT2D eigenvalue weighted by molar-refractivity contribution is 7.09. The summed E-state index contributed by atoms with van der Waals surface area (Å²) < 4.78 is 0. The van der Waals surface area contributed by atoms with Gasteiger partial charge in [-0.15, -0.1) is 11.3 Å². The first kappa shape index (κ1) is 13.5. The topological polar surface area (TPSA) is 68.0 Å². The van der Waals surface area contributed by atoms with E-state index in [1.54, 1.807) is 17.5 Å². The molecule has 3 N–H and O–H groups in total. The highest BCUT2D eigenvalue weighted by Crippen LogP contribution is 2.26. The number of amides is 1. The molecule has 1 aliphatic rings. The lowest BCUT2D eigenvalue weighted by molar-refractivity contribution is -0.127. The summed E-state index contributed by atoms with van der Waals surface area (Å²) in [5, 5.41) is 5.97. The SMILES string of the molecule is CC(C)(NC(=O)C1CCCC(N)C1)c1nccs1. The molecular weight excluding hydrogens is 246 g/mol. The molecule has 1 aromatic heterocycles. The third-order valence-corrected chi connectivity index (χ3v) is 4.59. The van der Waals surface area contributed by atoms with Crippen molar-refractivity contribution in [2.75, 3.05) is 0 Å². The van der Waals surface area contributed by atoms with Crippen LogP contribution in [0.4, 0.5) is 0 Å². The molecule has 0 bridgehead atoms. The van der Waals surface area contributed by atoms with Gasteiger partial charge in [-0.3, -0.25) is 4.79 Å². The fourth-order valence-electron chi connectivity index (χ4n) is 2.46. The van der Waals surface area contributed by atoms with E-state index < -0.39 is 5.54 Å². The van der Waals surface area contributed by atoms with Crippen molar-refractivity contribution in [2.45, 2.75) is 51.1 Å². The Kier molecular flexibility index (Phi) is 4.02. The van der Waals surface area contributed by atoms with E-state index in [2.05, 4.69) is 10.3 Å². The number of nitrogens with zero attached hydrogens (tertiary/aromatic N) is 1. The Bertz CT molecular complexity index is 402. The normalized spacial score (nSPS) is 24.8. The molecular formula is C13H21N3OS. The van der Waals surface area contributed by atoms with Crippen LogP contribution in [0.5, 0.6) is 0 Å².